The average Bonchev–Trinajstić information content (AvgIpc) is 2.76. The van der Waals surface area contributed by atoms with Gasteiger partial charge in [-0.15, -0.1) is 0 Å². The van der Waals surface area contributed by atoms with Gasteiger partial charge in [0.25, 0.3) is 0 Å². The standard InChI is InChI=1S/C14H23N3O/c1-11-4-5-13(8-11)17(6-7-18-3)14-9-12(2)15-10-16-14/h9-11,13H,4-8H2,1-3H3. The summed E-state index contributed by atoms with van der Waals surface area (Å²) in [6.07, 6.45) is 5.49. The van der Waals surface area contributed by atoms with Crippen LogP contribution < -0.4 is 4.90 Å². The van der Waals surface area contributed by atoms with Crippen molar-refractivity contribution < 1.29 is 4.74 Å². The van der Waals surface area contributed by atoms with E-state index in [0.717, 1.165) is 30.6 Å². The van der Waals surface area contributed by atoms with E-state index in [1.165, 1.54) is 19.3 Å². The van der Waals surface area contributed by atoms with Crippen LogP contribution in [0, 0.1) is 12.8 Å². The van der Waals surface area contributed by atoms with Gasteiger partial charge in [0.05, 0.1) is 6.61 Å². The molecule has 4 nitrogen and oxygen atoms in total. The summed E-state index contributed by atoms with van der Waals surface area (Å²) < 4.78 is 5.23. The molecule has 2 unspecified atom stereocenters. The minimum Gasteiger partial charge on any atom is -0.383 e. The molecule has 1 aromatic heterocycles. The van der Waals surface area contributed by atoms with Gasteiger partial charge >= 0.3 is 0 Å². The summed E-state index contributed by atoms with van der Waals surface area (Å²) in [5, 5.41) is 0. The third-order valence-electron chi connectivity index (χ3n) is 3.73. The fourth-order valence-electron chi connectivity index (χ4n) is 2.73. The normalized spacial score (nSPS) is 23.3. The third kappa shape index (κ3) is 3.19. The van der Waals surface area contributed by atoms with Crippen molar-refractivity contribution in [3.8, 4) is 0 Å². The molecule has 2 atom stereocenters. The number of rotatable bonds is 5. The highest BCUT2D eigenvalue weighted by Gasteiger charge is 2.27. The molecule has 1 aliphatic carbocycles. The maximum atomic E-state index is 5.23. The van der Waals surface area contributed by atoms with Gasteiger partial charge in [0.1, 0.15) is 12.1 Å². The topological polar surface area (TPSA) is 38.2 Å². The van der Waals surface area contributed by atoms with Crippen molar-refractivity contribution in [3.63, 3.8) is 0 Å². The average molecular weight is 249 g/mol. The molecule has 1 aliphatic rings. The van der Waals surface area contributed by atoms with Crippen LogP contribution in [0.5, 0.6) is 0 Å². The molecule has 0 spiro atoms. The molecule has 1 fully saturated rings. The van der Waals surface area contributed by atoms with Crippen LogP contribution >= 0.6 is 0 Å². The predicted octanol–water partition coefficient (Wildman–Crippen LogP) is 2.43. The molecule has 18 heavy (non-hydrogen) atoms. The number of hydrogen-bond donors (Lipinski definition) is 0. The Kier molecular flexibility index (Phi) is 4.53. The van der Waals surface area contributed by atoms with Crippen molar-refractivity contribution in [1.29, 1.82) is 0 Å². The molecule has 4 heteroatoms. The zero-order valence-electron chi connectivity index (χ0n) is 11.6. The lowest BCUT2D eigenvalue weighted by atomic mass is 10.1. The van der Waals surface area contributed by atoms with E-state index in [1.54, 1.807) is 13.4 Å². The summed E-state index contributed by atoms with van der Waals surface area (Å²) in [6.45, 7) is 5.99. The number of aromatic nitrogens is 2. The van der Waals surface area contributed by atoms with Crippen molar-refractivity contribution in [1.82, 2.24) is 9.97 Å². The number of ether oxygens (including phenoxy) is 1. The van der Waals surface area contributed by atoms with E-state index in [2.05, 4.69) is 27.9 Å². The van der Waals surface area contributed by atoms with Crippen molar-refractivity contribution in [2.24, 2.45) is 5.92 Å². The number of aryl methyl sites for hydroxylation is 1. The summed E-state index contributed by atoms with van der Waals surface area (Å²) >= 11 is 0. The Labute approximate surface area is 109 Å². The van der Waals surface area contributed by atoms with Gasteiger partial charge in [0, 0.05) is 31.5 Å². The summed E-state index contributed by atoms with van der Waals surface area (Å²) in [4.78, 5) is 11.0. The van der Waals surface area contributed by atoms with Crippen molar-refractivity contribution in [2.45, 2.75) is 39.2 Å². The molecule has 2 rings (SSSR count). The van der Waals surface area contributed by atoms with E-state index < -0.39 is 0 Å². The van der Waals surface area contributed by atoms with Crippen molar-refractivity contribution in [2.75, 3.05) is 25.2 Å². The van der Waals surface area contributed by atoms with Crippen molar-refractivity contribution in [3.05, 3.63) is 18.1 Å². The van der Waals surface area contributed by atoms with Gasteiger partial charge in [-0.05, 0) is 32.1 Å². The second kappa shape index (κ2) is 6.14. The molecule has 0 bridgehead atoms. The van der Waals surface area contributed by atoms with Gasteiger partial charge < -0.3 is 9.64 Å². The molecule has 0 aromatic carbocycles. The van der Waals surface area contributed by atoms with Crippen LogP contribution in [0.25, 0.3) is 0 Å². The van der Waals surface area contributed by atoms with E-state index in [0.29, 0.717) is 6.04 Å². The maximum absolute atomic E-state index is 5.23. The number of anilines is 1. The molecule has 100 valence electrons. The fraction of sp³-hybridized carbons (Fsp3) is 0.714. The molecule has 1 heterocycles. The Morgan fingerprint density at radius 2 is 2.22 bits per heavy atom. The summed E-state index contributed by atoms with van der Waals surface area (Å²) in [5.41, 5.74) is 1.02. The highest BCUT2D eigenvalue weighted by atomic mass is 16.5. The zero-order chi connectivity index (χ0) is 13.0. The third-order valence-corrected chi connectivity index (χ3v) is 3.73. The van der Waals surface area contributed by atoms with Gasteiger partial charge in [-0.2, -0.15) is 0 Å². The molecule has 1 saturated carbocycles. The Morgan fingerprint density at radius 3 is 2.83 bits per heavy atom. The van der Waals surface area contributed by atoms with E-state index in [1.807, 2.05) is 6.92 Å². The predicted molar refractivity (Wildman–Crippen MR) is 72.8 cm³/mol. The van der Waals surface area contributed by atoms with Crippen molar-refractivity contribution >= 4 is 5.82 Å². The lowest BCUT2D eigenvalue weighted by molar-refractivity contribution is 0.202. The van der Waals surface area contributed by atoms with E-state index >= 15 is 0 Å². The Balaban J connectivity index is 2.14. The van der Waals surface area contributed by atoms with Crippen LogP contribution in [0.15, 0.2) is 12.4 Å². The number of nitrogens with zero attached hydrogens (tertiary/aromatic N) is 3. The number of methoxy groups -OCH3 is 1. The first-order valence-corrected chi connectivity index (χ1v) is 6.75. The van der Waals surface area contributed by atoms with E-state index in [-0.39, 0.29) is 0 Å². The lowest BCUT2D eigenvalue weighted by Crippen LogP contribution is -2.37. The quantitative estimate of drug-likeness (QED) is 0.803. The van der Waals surface area contributed by atoms with Gasteiger partial charge in [-0.25, -0.2) is 9.97 Å². The fourth-order valence-corrected chi connectivity index (χ4v) is 2.73. The molecule has 0 N–H and O–H groups in total. The van der Waals surface area contributed by atoms with Crippen LogP contribution in [0.2, 0.25) is 0 Å². The molecule has 0 amide bonds. The van der Waals surface area contributed by atoms with Crippen LogP contribution in [0.1, 0.15) is 31.9 Å². The maximum Gasteiger partial charge on any atom is 0.132 e. The second-order valence-corrected chi connectivity index (χ2v) is 5.28. The minimum atomic E-state index is 0.601. The lowest BCUT2D eigenvalue weighted by Gasteiger charge is -2.30. The van der Waals surface area contributed by atoms with Crippen LogP contribution in [-0.2, 0) is 4.74 Å². The zero-order valence-corrected chi connectivity index (χ0v) is 11.6. The van der Waals surface area contributed by atoms with Crippen LogP contribution in [0.4, 0.5) is 5.82 Å². The Hall–Kier alpha value is -1.16. The van der Waals surface area contributed by atoms with E-state index in [4.69, 9.17) is 4.74 Å². The molecule has 1 aromatic rings. The van der Waals surface area contributed by atoms with Gasteiger partial charge in [-0.3, -0.25) is 0 Å². The van der Waals surface area contributed by atoms with Gasteiger partial charge in [0.2, 0.25) is 0 Å². The second-order valence-electron chi connectivity index (χ2n) is 5.28. The monoisotopic (exact) mass is 249 g/mol. The van der Waals surface area contributed by atoms with Crippen LogP contribution in [0.3, 0.4) is 0 Å². The van der Waals surface area contributed by atoms with Gasteiger partial charge in [-0.1, -0.05) is 6.92 Å². The molecular formula is C14H23N3O. The first kappa shape index (κ1) is 13.3. The Bertz CT molecular complexity index is 383. The molecule has 0 saturated heterocycles. The Morgan fingerprint density at radius 1 is 1.39 bits per heavy atom. The largest absolute Gasteiger partial charge is 0.383 e. The highest BCUT2D eigenvalue weighted by molar-refractivity contribution is 5.40. The van der Waals surface area contributed by atoms with Crippen LogP contribution in [-0.4, -0.2) is 36.3 Å². The van der Waals surface area contributed by atoms with E-state index in [9.17, 15) is 0 Å². The summed E-state index contributed by atoms with van der Waals surface area (Å²) in [5.74, 6) is 1.86. The first-order valence-electron chi connectivity index (χ1n) is 6.75. The molecule has 0 aliphatic heterocycles. The van der Waals surface area contributed by atoms with Gasteiger partial charge in [0.15, 0.2) is 0 Å². The molecular weight excluding hydrogens is 226 g/mol. The number of hydrogen-bond acceptors (Lipinski definition) is 4. The smallest absolute Gasteiger partial charge is 0.132 e. The minimum absolute atomic E-state index is 0.601. The molecule has 0 radical (unpaired) electrons. The highest BCUT2D eigenvalue weighted by Crippen LogP contribution is 2.31. The summed E-state index contributed by atoms with van der Waals surface area (Å²) in [6, 6.07) is 2.67. The SMILES string of the molecule is COCCN(c1cc(C)ncn1)C1CCC(C)C1. The first-order chi connectivity index (χ1) is 8.70. The summed E-state index contributed by atoms with van der Waals surface area (Å²) in [7, 11) is 1.75.